The number of hydrogen-bond donors (Lipinski definition) is 1. The summed E-state index contributed by atoms with van der Waals surface area (Å²) < 4.78 is 12.4. The molecule has 1 saturated heterocycles. The molecule has 1 aliphatic carbocycles. The maximum Gasteiger partial charge on any atom is 0.270 e. The molecule has 3 aliphatic rings. The van der Waals surface area contributed by atoms with E-state index in [1.165, 1.54) is 6.07 Å². The van der Waals surface area contributed by atoms with Crippen LogP contribution >= 0.6 is 0 Å². The predicted molar refractivity (Wildman–Crippen MR) is 118 cm³/mol. The molecule has 2 heterocycles. The number of anilines is 1. The van der Waals surface area contributed by atoms with Crippen LogP contribution in [0.3, 0.4) is 0 Å². The third-order valence-corrected chi connectivity index (χ3v) is 7.01. The van der Waals surface area contributed by atoms with Gasteiger partial charge in [-0.3, -0.25) is 15.0 Å². The molecule has 166 valence electrons. The summed E-state index contributed by atoms with van der Waals surface area (Å²) >= 11 is 0. The molecule has 32 heavy (non-hydrogen) atoms. The van der Waals surface area contributed by atoms with Gasteiger partial charge in [-0.1, -0.05) is 18.6 Å². The van der Waals surface area contributed by atoms with Crippen LogP contribution in [0.4, 0.5) is 11.4 Å². The maximum atomic E-state index is 11.5. The number of ether oxygens (including phenoxy) is 2. The van der Waals surface area contributed by atoms with Gasteiger partial charge in [0.2, 0.25) is 0 Å². The molecular weight excluding hydrogens is 408 g/mol. The Hall–Kier alpha value is -3.15. The number of benzene rings is 2. The minimum absolute atomic E-state index is 0.0439. The van der Waals surface area contributed by atoms with Gasteiger partial charge in [0.25, 0.3) is 5.69 Å². The van der Waals surface area contributed by atoms with Gasteiger partial charge in [0, 0.05) is 43.1 Å². The fourth-order valence-corrected chi connectivity index (χ4v) is 5.55. The van der Waals surface area contributed by atoms with Gasteiger partial charge in [-0.05, 0) is 31.0 Å². The molecule has 3 atom stereocenters. The Kier molecular flexibility index (Phi) is 5.45. The van der Waals surface area contributed by atoms with Crippen molar-refractivity contribution in [1.29, 1.82) is 5.26 Å². The zero-order valence-electron chi connectivity index (χ0n) is 17.8. The lowest BCUT2D eigenvalue weighted by Crippen LogP contribution is -2.65. The number of rotatable bonds is 4. The van der Waals surface area contributed by atoms with Crippen LogP contribution in [-0.2, 0) is 4.74 Å². The van der Waals surface area contributed by atoms with Gasteiger partial charge >= 0.3 is 0 Å². The predicted octanol–water partition coefficient (Wildman–Crippen LogP) is 4.23. The van der Waals surface area contributed by atoms with Gasteiger partial charge in [0.05, 0.1) is 35.4 Å². The SMILES string of the molecule is N#Cc1ccccc1NC1c2cc([N+](=O)[O-])ccc2OC2(N3CCOCC3)CCCCC12. The molecule has 0 radical (unpaired) electrons. The van der Waals surface area contributed by atoms with Crippen molar-refractivity contribution >= 4 is 11.4 Å². The molecule has 8 nitrogen and oxygen atoms in total. The van der Waals surface area contributed by atoms with Gasteiger partial charge in [0.1, 0.15) is 11.8 Å². The summed E-state index contributed by atoms with van der Waals surface area (Å²) in [5, 5.41) is 24.7. The topological polar surface area (TPSA) is 101 Å². The molecule has 2 aromatic rings. The van der Waals surface area contributed by atoms with Crippen molar-refractivity contribution in [2.75, 3.05) is 31.6 Å². The van der Waals surface area contributed by atoms with Crippen LogP contribution in [0, 0.1) is 27.4 Å². The molecule has 8 heteroatoms. The molecule has 2 aliphatic heterocycles. The van der Waals surface area contributed by atoms with Crippen molar-refractivity contribution in [2.45, 2.75) is 37.5 Å². The van der Waals surface area contributed by atoms with Gasteiger partial charge < -0.3 is 14.8 Å². The van der Waals surface area contributed by atoms with Crippen LogP contribution in [0.15, 0.2) is 42.5 Å². The lowest BCUT2D eigenvalue weighted by molar-refractivity contribution is -0.385. The van der Waals surface area contributed by atoms with E-state index in [4.69, 9.17) is 9.47 Å². The van der Waals surface area contributed by atoms with Crippen molar-refractivity contribution in [3.05, 3.63) is 63.7 Å². The average molecular weight is 434 g/mol. The zero-order chi connectivity index (χ0) is 22.1. The Bertz CT molecular complexity index is 1060. The number of hydrogen-bond acceptors (Lipinski definition) is 7. The highest BCUT2D eigenvalue weighted by Gasteiger charge is 2.55. The average Bonchev–Trinajstić information content (AvgIpc) is 2.84. The Balaban J connectivity index is 1.63. The first-order valence-electron chi connectivity index (χ1n) is 11.2. The minimum atomic E-state index is -0.496. The number of nitrogens with one attached hydrogen (secondary N) is 1. The van der Waals surface area contributed by atoms with Crippen LogP contribution in [0.1, 0.15) is 42.9 Å². The summed E-state index contributed by atoms with van der Waals surface area (Å²) in [5.41, 5.74) is 1.62. The van der Waals surface area contributed by atoms with E-state index in [0.717, 1.165) is 50.0 Å². The summed E-state index contributed by atoms with van der Waals surface area (Å²) in [5.74, 6) is 0.753. The van der Waals surface area contributed by atoms with E-state index in [1.807, 2.05) is 18.2 Å². The quantitative estimate of drug-likeness (QED) is 0.568. The molecule has 0 aromatic heterocycles. The van der Waals surface area contributed by atoms with Gasteiger partial charge in [-0.15, -0.1) is 0 Å². The molecule has 1 N–H and O–H groups in total. The number of nitro benzene ring substituents is 1. The largest absolute Gasteiger partial charge is 0.472 e. The second kappa shape index (κ2) is 8.41. The van der Waals surface area contributed by atoms with Crippen molar-refractivity contribution in [3.8, 4) is 11.8 Å². The van der Waals surface area contributed by atoms with Gasteiger partial charge in [-0.2, -0.15) is 5.26 Å². The van der Waals surface area contributed by atoms with E-state index in [9.17, 15) is 15.4 Å². The van der Waals surface area contributed by atoms with E-state index in [0.29, 0.717) is 24.5 Å². The van der Waals surface area contributed by atoms with E-state index >= 15 is 0 Å². The van der Waals surface area contributed by atoms with Crippen LogP contribution < -0.4 is 10.1 Å². The van der Waals surface area contributed by atoms with Crippen LogP contribution in [0.25, 0.3) is 0 Å². The lowest BCUT2D eigenvalue weighted by Gasteiger charge is -2.56. The number of nitrogens with zero attached hydrogens (tertiary/aromatic N) is 3. The fraction of sp³-hybridized carbons (Fsp3) is 0.458. The number of nitriles is 1. The third kappa shape index (κ3) is 3.48. The Morgan fingerprint density at radius 2 is 2.00 bits per heavy atom. The highest BCUT2D eigenvalue weighted by molar-refractivity contribution is 5.60. The smallest absolute Gasteiger partial charge is 0.270 e. The minimum Gasteiger partial charge on any atom is -0.472 e. The van der Waals surface area contributed by atoms with Gasteiger partial charge in [-0.25, -0.2) is 0 Å². The molecular formula is C24H26N4O4. The molecule has 5 rings (SSSR count). The number of morpholine rings is 1. The zero-order valence-corrected chi connectivity index (χ0v) is 17.8. The second-order valence-corrected chi connectivity index (χ2v) is 8.66. The second-order valence-electron chi connectivity index (χ2n) is 8.66. The molecule has 1 saturated carbocycles. The molecule has 3 unspecified atom stereocenters. The Labute approximate surface area is 186 Å². The molecule has 0 amide bonds. The molecule has 2 aromatic carbocycles. The monoisotopic (exact) mass is 434 g/mol. The van der Waals surface area contributed by atoms with E-state index < -0.39 is 5.72 Å². The Morgan fingerprint density at radius 3 is 2.78 bits per heavy atom. The Morgan fingerprint density at radius 1 is 1.19 bits per heavy atom. The van der Waals surface area contributed by atoms with Crippen molar-refractivity contribution < 1.29 is 14.4 Å². The molecule has 2 fully saturated rings. The highest BCUT2D eigenvalue weighted by Crippen LogP contribution is 2.53. The standard InChI is InChI=1S/C24H26N4O4/c25-16-17-5-1-2-7-21(17)26-23-19-15-18(28(29)30)8-9-22(19)32-24(10-4-3-6-20(23)24)27-11-13-31-14-12-27/h1-2,5,7-9,15,20,23,26H,3-4,6,10-14H2. The van der Waals surface area contributed by atoms with E-state index in [1.54, 1.807) is 18.2 Å². The number of nitro groups is 1. The maximum absolute atomic E-state index is 11.5. The third-order valence-electron chi connectivity index (χ3n) is 7.01. The van der Waals surface area contributed by atoms with Crippen molar-refractivity contribution in [1.82, 2.24) is 4.90 Å². The first-order valence-corrected chi connectivity index (χ1v) is 11.2. The highest BCUT2D eigenvalue weighted by atomic mass is 16.6. The normalized spacial score (nSPS) is 27.3. The van der Waals surface area contributed by atoms with Crippen molar-refractivity contribution in [3.63, 3.8) is 0 Å². The van der Waals surface area contributed by atoms with Crippen molar-refractivity contribution in [2.24, 2.45) is 5.92 Å². The van der Waals surface area contributed by atoms with E-state index in [2.05, 4.69) is 16.3 Å². The van der Waals surface area contributed by atoms with E-state index in [-0.39, 0.29) is 22.6 Å². The molecule has 0 spiro atoms. The summed E-state index contributed by atoms with van der Waals surface area (Å²) in [6.07, 6.45) is 3.97. The van der Waals surface area contributed by atoms with Crippen LogP contribution in [0.5, 0.6) is 5.75 Å². The van der Waals surface area contributed by atoms with Crippen LogP contribution in [0.2, 0.25) is 0 Å². The number of non-ortho nitro benzene ring substituents is 1. The summed E-state index contributed by atoms with van der Waals surface area (Å²) in [7, 11) is 0. The number of fused-ring (bicyclic) bond motifs is 2. The lowest BCUT2D eigenvalue weighted by atomic mass is 9.71. The summed E-state index contributed by atoms with van der Waals surface area (Å²) in [6.45, 7) is 2.92. The number of para-hydroxylation sites is 1. The summed E-state index contributed by atoms with van der Waals surface area (Å²) in [6, 6.07) is 14.3. The fourth-order valence-electron chi connectivity index (χ4n) is 5.55. The summed E-state index contributed by atoms with van der Waals surface area (Å²) in [4.78, 5) is 13.6. The first kappa shape index (κ1) is 20.7. The first-order chi connectivity index (χ1) is 15.6. The van der Waals surface area contributed by atoms with Crippen LogP contribution in [-0.4, -0.2) is 41.9 Å². The van der Waals surface area contributed by atoms with Gasteiger partial charge in [0.15, 0.2) is 5.72 Å². The molecule has 0 bridgehead atoms.